The number of anilines is 1. The van der Waals surface area contributed by atoms with Crippen LogP contribution in [0.25, 0.3) is 0 Å². The van der Waals surface area contributed by atoms with E-state index in [1.54, 1.807) is 13.2 Å². The van der Waals surface area contributed by atoms with Gasteiger partial charge in [-0.2, -0.15) is 0 Å². The normalized spacial score (nSPS) is 14.0. The quantitative estimate of drug-likeness (QED) is 0.294. The molecule has 8 heteroatoms. The van der Waals surface area contributed by atoms with Gasteiger partial charge in [-0.1, -0.05) is 18.2 Å². The molecule has 32 heavy (non-hydrogen) atoms. The van der Waals surface area contributed by atoms with Crippen molar-refractivity contribution in [2.45, 2.75) is 26.8 Å². The summed E-state index contributed by atoms with van der Waals surface area (Å²) in [6.07, 6.45) is 0.851. The van der Waals surface area contributed by atoms with E-state index in [4.69, 9.17) is 9.47 Å². The Balaban J connectivity index is 0.00000363. The van der Waals surface area contributed by atoms with Crippen molar-refractivity contribution in [2.24, 2.45) is 4.99 Å². The lowest BCUT2D eigenvalue weighted by Gasteiger charge is -2.29. The van der Waals surface area contributed by atoms with E-state index in [0.29, 0.717) is 25.4 Å². The number of methoxy groups -OCH3 is 1. The van der Waals surface area contributed by atoms with Gasteiger partial charge in [0.05, 0.1) is 32.6 Å². The van der Waals surface area contributed by atoms with Crippen LogP contribution in [0.1, 0.15) is 23.6 Å². The molecule has 0 unspecified atom stereocenters. The first kappa shape index (κ1) is 26.2. The molecule has 0 radical (unpaired) electrons. The van der Waals surface area contributed by atoms with Crippen LogP contribution in [0.2, 0.25) is 0 Å². The zero-order valence-corrected chi connectivity index (χ0v) is 21.4. The van der Waals surface area contributed by atoms with Gasteiger partial charge < -0.3 is 25.0 Å². The third-order valence-electron chi connectivity index (χ3n) is 5.31. The average Bonchev–Trinajstić information content (AvgIpc) is 2.79. The minimum absolute atomic E-state index is 0. The molecular formula is C24H34FIN4O2. The van der Waals surface area contributed by atoms with Gasteiger partial charge in [0, 0.05) is 26.2 Å². The maximum atomic E-state index is 14.6. The van der Waals surface area contributed by atoms with Crippen molar-refractivity contribution in [2.75, 3.05) is 51.4 Å². The second kappa shape index (κ2) is 13.5. The molecule has 0 amide bonds. The summed E-state index contributed by atoms with van der Waals surface area (Å²) in [6.45, 7) is 8.68. The number of guanidine groups is 1. The van der Waals surface area contributed by atoms with Crippen LogP contribution in [0, 0.1) is 12.7 Å². The maximum Gasteiger partial charge on any atom is 0.191 e. The van der Waals surface area contributed by atoms with Crippen LogP contribution in [-0.2, 0) is 17.7 Å². The van der Waals surface area contributed by atoms with Gasteiger partial charge in [-0.15, -0.1) is 24.0 Å². The fraction of sp³-hybridized carbons (Fsp3) is 0.458. The minimum Gasteiger partial charge on any atom is -0.496 e. The van der Waals surface area contributed by atoms with E-state index >= 15 is 0 Å². The summed E-state index contributed by atoms with van der Waals surface area (Å²) < 4.78 is 25.4. The second-order valence-electron chi connectivity index (χ2n) is 7.56. The van der Waals surface area contributed by atoms with Crippen molar-refractivity contribution < 1.29 is 13.9 Å². The van der Waals surface area contributed by atoms with Crippen molar-refractivity contribution in [1.29, 1.82) is 0 Å². The summed E-state index contributed by atoms with van der Waals surface area (Å²) >= 11 is 0. The first-order valence-corrected chi connectivity index (χ1v) is 10.9. The first-order valence-electron chi connectivity index (χ1n) is 10.9. The molecule has 0 spiro atoms. The van der Waals surface area contributed by atoms with Crippen molar-refractivity contribution >= 4 is 35.6 Å². The van der Waals surface area contributed by atoms with E-state index in [1.807, 2.05) is 30.9 Å². The van der Waals surface area contributed by atoms with Crippen LogP contribution in [0.15, 0.2) is 41.4 Å². The topological polar surface area (TPSA) is 58.1 Å². The van der Waals surface area contributed by atoms with Crippen molar-refractivity contribution in [1.82, 2.24) is 10.6 Å². The lowest BCUT2D eigenvalue weighted by atomic mass is 10.1. The number of nitrogens with zero attached hydrogens (tertiary/aromatic N) is 2. The van der Waals surface area contributed by atoms with Gasteiger partial charge in [0.25, 0.3) is 0 Å². The number of aryl methyl sites for hydroxylation is 1. The van der Waals surface area contributed by atoms with E-state index in [2.05, 4.69) is 33.8 Å². The monoisotopic (exact) mass is 556 g/mol. The molecule has 6 nitrogen and oxygen atoms in total. The Hall–Kier alpha value is -2.07. The lowest BCUT2D eigenvalue weighted by Crippen LogP contribution is -2.38. The molecule has 2 aromatic carbocycles. The molecule has 3 rings (SSSR count). The van der Waals surface area contributed by atoms with Crippen molar-refractivity contribution in [3.63, 3.8) is 0 Å². The fourth-order valence-electron chi connectivity index (χ4n) is 3.57. The Morgan fingerprint density at radius 3 is 2.56 bits per heavy atom. The molecule has 2 N–H and O–H groups in total. The molecule has 0 bridgehead atoms. The summed E-state index contributed by atoms with van der Waals surface area (Å²) in [5, 5.41) is 6.60. The zero-order valence-electron chi connectivity index (χ0n) is 19.1. The molecule has 176 valence electrons. The largest absolute Gasteiger partial charge is 0.496 e. The molecule has 0 aromatic heterocycles. The standard InChI is InChI=1S/C24H33FN4O2.HI/c1-4-26-24(27-10-9-19-6-5-18(2)23(16-19)30-3)28-17-20-7-8-22(21(25)15-20)29-11-13-31-14-12-29;/h5-8,15-16H,4,9-14,17H2,1-3H3,(H2,26,27,28);1H. The molecule has 2 aromatic rings. The highest BCUT2D eigenvalue weighted by atomic mass is 127. The smallest absolute Gasteiger partial charge is 0.191 e. The zero-order chi connectivity index (χ0) is 22.1. The Morgan fingerprint density at radius 2 is 1.88 bits per heavy atom. The maximum absolute atomic E-state index is 14.6. The van der Waals surface area contributed by atoms with E-state index in [-0.39, 0.29) is 29.8 Å². The van der Waals surface area contributed by atoms with E-state index in [1.165, 1.54) is 5.56 Å². The van der Waals surface area contributed by atoms with Crippen LogP contribution in [0.3, 0.4) is 0 Å². The number of aliphatic imine (C=N–C) groups is 1. The highest BCUT2D eigenvalue weighted by Crippen LogP contribution is 2.22. The molecular weight excluding hydrogens is 522 g/mol. The highest BCUT2D eigenvalue weighted by molar-refractivity contribution is 14.0. The summed E-state index contributed by atoms with van der Waals surface area (Å²) in [4.78, 5) is 6.64. The first-order chi connectivity index (χ1) is 15.1. The van der Waals surface area contributed by atoms with Crippen LogP contribution in [0.5, 0.6) is 5.75 Å². The van der Waals surface area contributed by atoms with Crippen molar-refractivity contribution in [3.8, 4) is 5.75 Å². The van der Waals surface area contributed by atoms with Gasteiger partial charge in [0.2, 0.25) is 0 Å². The summed E-state index contributed by atoms with van der Waals surface area (Å²) in [5.74, 6) is 1.42. The Kier molecular flexibility index (Phi) is 11.0. The van der Waals surface area contributed by atoms with Gasteiger partial charge in [-0.05, 0) is 55.2 Å². The number of benzene rings is 2. The van der Waals surface area contributed by atoms with Crippen molar-refractivity contribution in [3.05, 3.63) is 58.9 Å². The molecule has 1 aliphatic heterocycles. The molecule has 1 saturated heterocycles. The molecule has 0 aliphatic carbocycles. The molecule has 1 heterocycles. The number of nitrogens with one attached hydrogen (secondary N) is 2. The van der Waals surface area contributed by atoms with E-state index in [0.717, 1.165) is 55.4 Å². The highest BCUT2D eigenvalue weighted by Gasteiger charge is 2.15. The SMILES string of the molecule is CCNC(=NCc1ccc(N2CCOCC2)c(F)c1)NCCc1ccc(C)c(OC)c1.I. The lowest BCUT2D eigenvalue weighted by molar-refractivity contribution is 0.122. The number of rotatable bonds is 8. The third-order valence-corrected chi connectivity index (χ3v) is 5.31. The Bertz CT molecular complexity index is 888. The average molecular weight is 556 g/mol. The predicted molar refractivity (Wildman–Crippen MR) is 139 cm³/mol. The second-order valence-corrected chi connectivity index (χ2v) is 7.56. The van der Waals surface area contributed by atoms with E-state index in [9.17, 15) is 4.39 Å². The predicted octanol–water partition coefficient (Wildman–Crippen LogP) is 3.90. The molecule has 0 atom stereocenters. The van der Waals surface area contributed by atoms with Crippen LogP contribution in [0.4, 0.5) is 10.1 Å². The van der Waals surface area contributed by atoms with Crippen LogP contribution in [-0.4, -0.2) is 52.5 Å². The molecule has 1 aliphatic rings. The number of ether oxygens (including phenoxy) is 2. The Morgan fingerprint density at radius 1 is 1.12 bits per heavy atom. The third kappa shape index (κ3) is 7.51. The van der Waals surface area contributed by atoms with Gasteiger partial charge in [0.15, 0.2) is 5.96 Å². The van der Waals surface area contributed by atoms with Crippen LogP contribution < -0.4 is 20.3 Å². The summed E-state index contributed by atoms with van der Waals surface area (Å²) in [7, 11) is 1.69. The number of hydrogen-bond donors (Lipinski definition) is 2. The summed E-state index contributed by atoms with van der Waals surface area (Å²) in [6, 6.07) is 11.6. The molecule has 0 saturated carbocycles. The number of morpholine rings is 1. The van der Waals surface area contributed by atoms with E-state index < -0.39 is 0 Å². The minimum atomic E-state index is -0.208. The number of hydrogen-bond acceptors (Lipinski definition) is 4. The number of halogens is 2. The Labute approximate surface area is 207 Å². The van der Waals surface area contributed by atoms with Gasteiger partial charge in [0.1, 0.15) is 11.6 Å². The van der Waals surface area contributed by atoms with Gasteiger partial charge in [-0.3, -0.25) is 0 Å². The van der Waals surface area contributed by atoms with Gasteiger partial charge in [-0.25, -0.2) is 9.38 Å². The molecule has 1 fully saturated rings. The van der Waals surface area contributed by atoms with Gasteiger partial charge >= 0.3 is 0 Å². The van der Waals surface area contributed by atoms with Crippen LogP contribution >= 0.6 is 24.0 Å². The summed E-state index contributed by atoms with van der Waals surface area (Å²) in [5.41, 5.74) is 3.80. The fourth-order valence-corrected chi connectivity index (χ4v) is 3.57.